The van der Waals surface area contributed by atoms with Crippen molar-refractivity contribution in [1.82, 2.24) is 0 Å². The van der Waals surface area contributed by atoms with Crippen molar-refractivity contribution in [2.75, 3.05) is 5.09 Å². The van der Waals surface area contributed by atoms with Gasteiger partial charge in [0.1, 0.15) is 0 Å². The zero-order valence-electron chi connectivity index (χ0n) is 11.4. The molecule has 2 atom stereocenters. The van der Waals surface area contributed by atoms with Gasteiger partial charge in [-0.05, 0) is 40.9 Å². The van der Waals surface area contributed by atoms with E-state index in [0.717, 1.165) is 5.56 Å². The predicted molar refractivity (Wildman–Crippen MR) is 84.0 cm³/mol. The van der Waals surface area contributed by atoms with E-state index in [9.17, 15) is 14.3 Å². The Balaban J connectivity index is 2.24. The molecule has 1 aromatic carbocycles. The van der Waals surface area contributed by atoms with E-state index in [0.29, 0.717) is 11.3 Å². The van der Waals surface area contributed by atoms with Crippen LogP contribution in [-0.4, -0.2) is 16.0 Å². The highest BCUT2D eigenvalue weighted by Crippen LogP contribution is 2.55. The molecule has 0 amide bonds. The Kier molecular flexibility index (Phi) is 4.83. The first-order chi connectivity index (χ1) is 9.90. The highest BCUT2D eigenvalue weighted by Gasteiger charge is 2.29. The summed E-state index contributed by atoms with van der Waals surface area (Å²) in [5.41, 5.74) is 1.08. The fraction of sp³-hybridized carbons (Fsp3) is 0.214. The average Bonchev–Trinajstić information content (AvgIpc) is 2.93. The number of thiophene rings is 1. The van der Waals surface area contributed by atoms with Crippen LogP contribution < -0.4 is 5.09 Å². The van der Waals surface area contributed by atoms with Crippen LogP contribution in [0.3, 0.4) is 0 Å². The van der Waals surface area contributed by atoms with Gasteiger partial charge in [-0.2, -0.15) is 11.3 Å². The van der Waals surface area contributed by atoms with Crippen molar-refractivity contribution in [3.63, 3.8) is 0 Å². The molecule has 0 saturated heterocycles. The van der Waals surface area contributed by atoms with Crippen LogP contribution in [0.25, 0.3) is 0 Å². The topological polar surface area (TPSA) is 86.6 Å². The third kappa shape index (κ3) is 3.94. The van der Waals surface area contributed by atoms with Crippen LogP contribution in [0.5, 0.6) is 0 Å². The van der Waals surface area contributed by atoms with Crippen LogP contribution in [0, 0.1) is 0 Å². The van der Waals surface area contributed by atoms with Gasteiger partial charge in [0.05, 0.1) is 12.1 Å². The van der Waals surface area contributed by atoms with E-state index in [2.05, 4.69) is 5.09 Å². The van der Waals surface area contributed by atoms with Gasteiger partial charge in [0.25, 0.3) is 7.52 Å². The van der Waals surface area contributed by atoms with Crippen LogP contribution in [-0.2, 0) is 15.8 Å². The monoisotopic (exact) mass is 325 g/mol. The molecule has 3 N–H and O–H groups in total. The van der Waals surface area contributed by atoms with Crippen LogP contribution in [0.4, 0.5) is 5.69 Å². The summed E-state index contributed by atoms with van der Waals surface area (Å²) in [5, 5.41) is 15.2. The maximum Gasteiger partial charge on any atom is 0.307 e. The maximum atomic E-state index is 12.5. The highest BCUT2D eigenvalue weighted by molar-refractivity contribution is 7.59. The van der Waals surface area contributed by atoms with E-state index >= 15 is 0 Å². The predicted octanol–water partition coefficient (Wildman–Crippen LogP) is 3.73. The SMILES string of the molecule is CC(c1ccsc1)P(=O)(O)Nc1ccccc1CC(=O)O. The normalized spacial score (nSPS) is 15.1. The first kappa shape index (κ1) is 15.8. The lowest BCUT2D eigenvalue weighted by Gasteiger charge is -2.21. The lowest BCUT2D eigenvalue weighted by molar-refractivity contribution is -0.136. The Morgan fingerprint density at radius 2 is 2.10 bits per heavy atom. The summed E-state index contributed by atoms with van der Waals surface area (Å²) >= 11 is 1.46. The van der Waals surface area contributed by atoms with Crippen molar-refractivity contribution in [1.29, 1.82) is 0 Å². The van der Waals surface area contributed by atoms with Gasteiger partial charge in [-0.25, -0.2) is 0 Å². The molecule has 0 spiro atoms. The number of anilines is 1. The number of carboxylic acids is 1. The van der Waals surface area contributed by atoms with Gasteiger partial charge in [-0.15, -0.1) is 0 Å². The molecule has 5 nitrogen and oxygen atoms in total. The molecule has 0 saturated carbocycles. The number of rotatable bonds is 6. The zero-order chi connectivity index (χ0) is 15.5. The summed E-state index contributed by atoms with van der Waals surface area (Å²) in [5.74, 6) is -0.983. The number of nitrogens with one attached hydrogen (secondary N) is 1. The summed E-state index contributed by atoms with van der Waals surface area (Å²) in [6, 6.07) is 8.45. The van der Waals surface area contributed by atoms with E-state index in [1.165, 1.54) is 11.3 Å². The van der Waals surface area contributed by atoms with Crippen molar-refractivity contribution < 1.29 is 19.4 Å². The number of carboxylic acid groups (broad SMARTS) is 1. The number of para-hydroxylation sites is 1. The summed E-state index contributed by atoms with van der Waals surface area (Å²) in [6.45, 7) is 1.68. The van der Waals surface area contributed by atoms with Gasteiger partial charge in [0, 0.05) is 5.69 Å². The molecule has 0 aliphatic heterocycles. The lowest BCUT2D eigenvalue weighted by Crippen LogP contribution is -2.07. The number of hydrogen-bond acceptors (Lipinski definition) is 3. The third-order valence-electron chi connectivity index (χ3n) is 3.19. The van der Waals surface area contributed by atoms with E-state index in [1.54, 1.807) is 31.2 Å². The molecule has 0 bridgehead atoms. The molecule has 0 radical (unpaired) electrons. The molecule has 0 fully saturated rings. The van der Waals surface area contributed by atoms with E-state index in [4.69, 9.17) is 5.11 Å². The molecule has 2 aromatic rings. The van der Waals surface area contributed by atoms with Crippen molar-refractivity contribution >= 4 is 30.5 Å². The second-order valence-electron chi connectivity index (χ2n) is 4.70. The van der Waals surface area contributed by atoms with Crippen molar-refractivity contribution in [2.24, 2.45) is 0 Å². The molecule has 1 aromatic heterocycles. The quantitative estimate of drug-likeness (QED) is 0.704. The summed E-state index contributed by atoms with van der Waals surface area (Å²) in [6.07, 6.45) is -0.198. The molecule has 112 valence electrons. The largest absolute Gasteiger partial charge is 0.481 e. The molecule has 7 heteroatoms. The van der Waals surface area contributed by atoms with Crippen LogP contribution in [0.2, 0.25) is 0 Å². The summed E-state index contributed by atoms with van der Waals surface area (Å²) in [4.78, 5) is 21.1. The van der Waals surface area contributed by atoms with Gasteiger partial charge in [0.15, 0.2) is 0 Å². The molecule has 1 heterocycles. The van der Waals surface area contributed by atoms with Gasteiger partial charge in [0.2, 0.25) is 0 Å². The molecule has 0 aliphatic rings. The maximum absolute atomic E-state index is 12.5. The first-order valence-electron chi connectivity index (χ1n) is 6.32. The van der Waals surface area contributed by atoms with Gasteiger partial charge in [-0.1, -0.05) is 18.2 Å². The Morgan fingerprint density at radius 1 is 1.38 bits per heavy atom. The van der Waals surface area contributed by atoms with Gasteiger partial charge >= 0.3 is 5.97 Å². The summed E-state index contributed by atoms with van der Waals surface area (Å²) < 4.78 is 12.5. The zero-order valence-corrected chi connectivity index (χ0v) is 13.1. The Hall–Kier alpha value is -1.62. The fourth-order valence-corrected chi connectivity index (χ4v) is 4.11. The molecular weight excluding hydrogens is 309 g/mol. The number of benzene rings is 1. The minimum atomic E-state index is -3.70. The van der Waals surface area contributed by atoms with Gasteiger partial charge in [-0.3, -0.25) is 9.36 Å². The van der Waals surface area contributed by atoms with E-state index in [1.807, 2.05) is 16.8 Å². The van der Waals surface area contributed by atoms with Crippen LogP contribution >= 0.6 is 18.9 Å². The molecule has 0 aliphatic carbocycles. The molecule has 21 heavy (non-hydrogen) atoms. The van der Waals surface area contributed by atoms with Gasteiger partial charge < -0.3 is 15.1 Å². The molecule has 2 rings (SSSR count). The van der Waals surface area contributed by atoms with E-state index < -0.39 is 19.1 Å². The van der Waals surface area contributed by atoms with Crippen LogP contribution in [0.15, 0.2) is 41.1 Å². The number of hydrogen-bond donors (Lipinski definition) is 3. The van der Waals surface area contributed by atoms with Crippen molar-refractivity contribution in [3.05, 3.63) is 52.2 Å². The third-order valence-corrected chi connectivity index (χ3v) is 5.80. The standard InChI is InChI=1S/C14H16NO4PS/c1-10(12-6-7-21-9-12)20(18,19)15-13-5-3-2-4-11(13)8-14(16)17/h2-7,9-10H,8H2,1H3,(H,16,17)(H2,15,18,19). The Labute approximate surface area is 126 Å². The number of aliphatic carboxylic acids is 1. The smallest absolute Gasteiger partial charge is 0.307 e. The second-order valence-corrected chi connectivity index (χ2v) is 7.72. The van der Waals surface area contributed by atoms with Crippen LogP contribution in [0.1, 0.15) is 23.7 Å². The number of carbonyl (C=O) groups is 1. The average molecular weight is 325 g/mol. The molecule has 2 unspecified atom stereocenters. The Bertz CT molecular complexity index is 671. The first-order valence-corrected chi connectivity index (χ1v) is 9.00. The van der Waals surface area contributed by atoms with Crippen molar-refractivity contribution in [2.45, 2.75) is 19.0 Å². The second kappa shape index (κ2) is 6.43. The van der Waals surface area contributed by atoms with Crippen molar-refractivity contribution in [3.8, 4) is 0 Å². The fourth-order valence-electron chi connectivity index (χ4n) is 1.93. The molecular formula is C14H16NO4PS. The highest BCUT2D eigenvalue weighted by atomic mass is 32.1. The Morgan fingerprint density at radius 3 is 2.71 bits per heavy atom. The minimum Gasteiger partial charge on any atom is -0.481 e. The minimum absolute atomic E-state index is 0.198. The lowest BCUT2D eigenvalue weighted by atomic mass is 10.1. The summed E-state index contributed by atoms with van der Waals surface area (Å²) in [7, 11) is -3.70. The van der Waals surface area contributed by atoms with E-state index in [-0.39, 0.29) is 6.42 Å².